The molecule has 0 aromatic heterocycles. The zero-order chi connectivity index (χ0) is 12.5. The Bertz CT molecular complexity index is 451. The summed E-state index contributed by atoms with van der Waals surface area (Å²) in [5.41, 5.74) is 2.06. The quantitative estimate of drug-likeness (QED) is 0.898. The lowest BCUT2D eigenvalue weighted by Gasteiger charge is -2.19. The van der Waals surface area contributed by atoms with E-state index in [1.807, 2.05) is 23.1 Å². The Morgan fingerprint density at radius 2 is 1.89 bits per heavy atom. The molecular formula is C15H21ClN2O. The van der Waals surface area contributed by atoms with Gasteiger partial charge in [-0.25, -0.2) is 0 Å². The molecule has 1 N–H and O–H groups in total. The molecule has 0 aliphatic carbocycles. The molecule has 2 heterocycles. The summed E-state index contributed by atoms with van der Waals surface area (Å²) < 4.78 is 0. The number of benzene rings is 1. The van der Waals surface area contributed by atoms with Crippen LogP contribution < -0.4 is 5.32 Å². The highest BCUT2D eigenvalue weighted by Crippen LogP contribution is 2.28. The Kier molecular flexibility index (Phi) is 4.48. The molecule has 1 aromatic carbocycles. The van der Waals surface area contributed by atoms with E-state index in [4.69, 9.17) is 0 Å². The van der Waals surface area contributed by atoms with Crippen LogP contribution in [0.25, 0.3) is 0 Å². The lowest BCUT2D eigenvalue weighted by Crippen LogP contribution is -2.32. The van der Waals surface area contributed by atoms with Crippen molar-refractivity contribution in [3.63, 3.8) is 0 Å². The second-order valence-corrected chi connectivity index (χ2v) is 5.40. The first-order valence-electron chi connectivity index (χ1n) is 6.87. The third-order valence-corrected chi connectivity index (χ3v) is 4.31. The number of hydrogen-bond acceptors (Lipinski definition) is 2. The van der Waals surface area contributed by atoms with Crippen LogP contribution >= 0.6 is 12.4 Å². The molecule has 3 rings (SSSR count). The summed E-state index contributed by atoms with van der Waals surface area (Å²) in [6.45, 7) is 6.10. The lowest BCUT2D eigenvalue weighted by molar-refractivity contribution is 0.0780. The topological polar surface area (TPSA) is 32.3 Å². The van der Waals surface area contributed by atoms with Crippen molar-refractivity contribution in [2.45, 2.75) is 13.3 Å². The van der Waals surface area contributed by atoms with E-state index >= 15 is 0 Å². The van der Waals surface area contributed by atoms with Gasteiger partial charge in [-0.2, -0.15) is 0 Å². The number of carbonyl (C=O) groups excluding carboxylic acids is 1. The Balaban J connectivity index is 0.00000133. The molecule has 4 heteroatoms. The van der Waals surface area contributed by atoms with Crippen molar-refractivity contribution in [2.75, 3.05) is 26.2 Å². The smallest absolute Gasteiger partial charge is 0.254 e. The van der Waals surface area contributed by atoms with Gasteiger partial charge in [-0.05, 0) is 29.9 Å². The maximum Gasteiger partial charge on any atom is 0.254 e. The van der Waals surface area contributed by atoms with E-state index in [1.54, 1.807) is 0 Å². The van der Waals surface area contributed by atoms with Crippen molar-refractivity contribution in [2.24, 2.45) is 11.8 Å². The maximum atomic E-state index is 12.6. The molecule has 0 saturated carbocycles. The number of nitrogens with one attached hydrogen (secondary N) is 1. The molecule has 2 aliphatic rings. The predicted octanol–water partition coefficient (Wildman–Crippen LogP) is 1.96. The molecule has 0 bridgehead atoms. The predicted molar refractivity (Wildman–Crippen MR) is 78.8 cm³/mol. The van der Waals surface area contributed by atoms with E-state index in [2.05, 4.69) is 18.3 Å². The van der Waals surface area contributed by atoms with Crippen molar-refractivity contribution in [3.8, 4) is 0 Å². The normalized spacial score (nSPS) is 25.0. The summed E-state index contributed by atoms with van der Waals surface area (Å²) in [6.07, 6.45) is 0.921. The Morgan fingerprint density at radius 3 is 2.53 bits per heavy atom. The third-order valence-electron chi connectivity index (χ3n) is 4.31. The van der Waals surface area contributed by atoms with Crippen LogP contribution in [0.15, 0.2) is 24.3 Å². The molecule has 2 fully saturated rings. The minimum absolute atomic E-state index is 0. The number of aryl methyl sites for hydroxylation is 1. The van der Waals surface area contributed by atoms with E-state index < -0.39 is 0 Å². The lowest BCUT2D eigenvalue weighted by atomic mass is 10.0. The van der Waals surface area contributed by atoms with Gasteiger partial charge in [-0.15, -0.1) is 12.4 Å². The van der Waals surface area contributed by atoms with Gasteiger partial charge in [0.1, 0.15) is 0 Å². The molecule has 3 nitrogen and oxygen atoms in total. The van der Waals surface area contributed by atoms with E-state index in [0.29, 0.717) is 11.8 Å². The largest absolute Gasteiger partial charge is 0.338 e. The van der Waals surface area contributed by atoms with Crippen molar-refractivity contribution >= 4 is 18.3 Å². The summed E-state index contributed by atoms with van der Waals surface area (Å²) >= 11 is 0. The van der Waals surface area contributed by atoms with Gasteiger partial charge in [0.05, 0.1) is 0 Å². The fourth-order valence-electron chi connectivity index (χ4n) is 3.23. The second-order valence-electron chi connectivity index (χ2n) is 5.40. The molecular weight excluding hydrogens is 260 g/mol. The molecule has 1 amide bonds. The molecule has 104 valence electrons. The van der Waals surface area contributed by atoms with E-state index in [-0.39, 0.29) is 18.3 Å². The SMILES string of the molecule is CCc1ccccc1C(=O)N1C[C@H]2CNC[C@H]2C1.Cl. The second kappa shape index (κ2) is 5.93. The highest BCUT2D eigenvalue weighted by atomic mass is 35.5. The summed E-state index contributed by atoms with van der Waals surface area (Å²) in [5.74, 6) is 1.56. The molecule has 1 aromatic rings. The summed E-state index contributed by atoms with van der Waals surface area (Å²) in [6, 6.07) is 8.00. The molecule has 0 radical (unpaired) electrons. The van der Waals surface area contributed by atoms with Crippen LogP contribution in [0, 0.1) is 11.8 Å². The van der Waals surface area contributed by atoms with Crippen LogP contribution in [0.3, 0.4) is 0 Å². The van der Waals surface area contributed by atoms with Gasteiger partial charge in [0.2, 0.25) is 0 Å². The van der Waals surface area contributed by atoms with Gasteiger partial charge in [-0.1, -0.05) is 25.1 Å². The Labute approximate surface area is 120 Å². The molecule has 2 saturated heterocycles. The minimum Gasteiger partial charge on any atom is -0.338 e. The van der Waals surface area contributed by atoms with Crippen LogP contribution in [-0.2, 0) is 6.42 Å². The first kappa shape index (κ1) is 14.4. The van der Waals surface area contributed by atoms with Crippen LogP contribution in [0.4, 0.5) is 0 Å². The molecule has 2 atom stereocenters. The zero-order valence-electron chi connectivity index (χ0n) is 11.3. The minimum atomic E-state index is 0. The third kappa shape index (κ3) is 2.63. The van der Waals surface area contributed by atoms with Gasteiger partial charge in [-0.3, -0.25) is 4.79 Å². The van der Waals surface area contributed by atoms with Crippen molar-refractivity contribution in [1.29, 1.82) is 0 Å². The van der Waals surface area contributed by atoms with E-state index in [1.165, 1.54) is 0 Å². The monoisotopic (exact) mass is 280 g/mol. The number of fused-ring (bicyclic) bond motifs is 1. The maximum absolute atomic E-state index is 12.6. The number of carbonyl (C=O) groups is 1. The highest BCUT2D eigenvalue weighted by Gasteiger charge is 2.38. The van der Waals surface area contributed by atoms with Gasteiger partial charge >= 0.3 is 0 Å². The van der Waals surface area contributed by atoms with Crippen LogP contribution in [0.1, 0.15) is 22.8 Å². The Morgan fingerprint density at radius 1 is 1.26 bits per heavy atom. The van der Waals surface area contributed by atoms with E-state index in [9.17, 15) is 4.79 Å². The highest BCUT2D eigenvalue weighted by molar-refractivity contribution is 5.95. The van der Waals surface area contributed by atoms with Crippen molar-refractivity contribution in [1.82, 2.24) is 10.2 Å². The van der Waals surface area contributed by atoms with Crippen LogP contribution in [0.2, 0.25) is 0 Å². The van der Waals surface area contributed by atoms with E-state index in [0.717, 1.165) is 43.7 Å². The summed E-state index contributed by atoms with van der Waals surface area (Å²) in [4.78, 5) is 14.6. The number of hydrogen-bond donors (Lipinski definition) is 1. The molecule has 2 aliphatic heterocycles. The average Bonchev–Trinajstić information content (AvgIpc) is 2.98. The fraction of sp³-hybridized carbons (Fsp3) is 0.533. The van der Waals surface area contributed by atoms with Gasteiger partial charge < -0.3 is 10.2 Å². The first-order valence-corrected chi connectivity index (χ1v) is 6.87. The Hall–Kier alpha value is -1.06. The number of halogens is 1. The number of likely N-dealkylation sites (tertiary alicyclic amines) is 1. The number of nitrogens with zero attached hydrogens (tertiary/aromatic N) is 1. The summed E-state index contributed by atoms with van der Waals surface area (Å²) in [7, 11) is 0. The van der Waals surface area contributed by atoms with Gasteiger partial charge in [0.15, 0.2) is 0 Å². The van der Waals surface area contributed by atoms with Gasteiger partial charge in [0, 0.05) is 31.7 Å². The molecule has 0 unspecified atom stereocenters. The number of amides is 1. The number of rotatable bonds is 2. The fourth-order valence-corrected chi connectivity index (χ4v) is 3.23. The first-order chi connectivity index (χ1) is 8.79. The molecule has 19 heavy (non-hydrogen) atoms. The van der Waals surface area contributed by atoms with Crippen LogP contribution in [0.5, 0.6) is 0 Å². The average molecular weight is 281 g/mol. The van der Waals surface area contributed by atoms with Crippen LogP contribution in [-0.4, -0.2) is 37.0 Å². The summed E-state index contributed by atoms with van der Waals surface area (Å²) in [5, 5.41) is 3.41. The van der Waals surface area contributed by atoms with Crippen molar-refractivity contribution < 1.29 is 4.79 Å². The molecule has 0 spiro atoms. The van der Waals surface area contributed by atoms with Crippen molar-refractivity contribution in [3.05, 3.63) is 35.4 Å². The zero-order valence-corrected chi connectivity index (χ0v) is 12.1. The van der Waals surface area contributed by atoms with Gasteiger partial charge in [0.25, 0.3) is 5.91 Å². The standard InChI is InChI=1S/C15H20N2O.ClH/c1-2-11-5-3-4-6-14(11)15(18)17-9-12-7-16-8-13(12)10-17;/h3-6,12-13,16H,2,7-10H2,1H3;1H/t12-,13+;.